The highest BCUT2D eigenvalue weighted by Crippen LogP contribution is 2.56. The van der Waals surface area contributed by atoms with Crippen molar-refractivity contribution in [1.82, 2.24) is 10.1 Å². The molecule has 2 aromatic heterocycles. The smallest absolute Gasteiger partial charge is 0.175 e. The predicted molar refractivity (Wildman–Crippen MR) is 80.6 cm³/mol. The highest BCUT2D eigenvalue weighted by Gasteiger charge is 2.51. The molecular weight excluding hydrogens is 262 g/mol. The number of nitrogens with zero attached hydrogens (tertiary/aromatic N) is 2. The van der Waals surface area contributed by atoms with Gasteiger partial charge in [0.05, 0.1) is 11.0 Å². The van der Waals surface area contributed by atoms with Crippen LogP contribution in [0.25, 0.3) is 11.1 Å². The summed E-state index contributed by atoms with van der Waals surface area (Å²) >= 11 is 0. The van der Waals surface area contributed by atoms with Gasteiger partial charge in [-0.25, -0.2) is 0 Å². The number of hydrogen-bond acceptors (Lipinski definition) is 4. The molecule has 1 aliphatic rings. The van der Waals surface area contributed by atoms with Crippen LogP contribution in [0.15, 0.2) is 59.4 Å². The van der Waals surface area contributed by atoms with Crippen molar-refractivity contribution in [1.29, 1.82) is 0 Å². The molecule has 1 aliphatic carbocycles. The molecule has 0 amide bonds. The second kappa shape index (κ2) is 4.45. The molecule has 4 nitrogen and oxygen atoms in total. The largest absolute Gasteiger partial charge is 0.380 e. The van der Waals surface area contributed by atoms with Crippen LogP contribution in [0.1, 0.15) is 24.2 Å². The van der Waals surface area contributed by atoms with Crippen molar-refractivity contribution < 1.29 is 4.52 Å². The third kappa shape index (κ3) is 1.83. The first-order chi connectivity index (χ1) is 10.3. The van der Waals surface area contributed by atoms with E-state index in [1.807, 2.05) is 18.2 Å². The fourth-order valence-corrected chi connectivity index (χ4v) is 2.96. The summed E-state index contributed by atoms with van der Waals surface area (Å²) in [6, 6.07) is 14.3. The predicted octanol–water partition coefficient (Wildman–Crippen LogP) is 3.40. The molecule has 4 heteroatoms. The molecule has 0 bridgehead atoms. The van der Waals surface area contributed by atoms with Gasteiger partial charge >= 0.3 is 0 Å². The monoisotopic (exact) mass is 277 g/mol. The van der Waals surface area contributed by atoms with Gasteiger partial charge in [0, 0.05) is 12.4 Å². The summed E-state index contributed by atoms with van der Waals surface area (Å²) < 4.78 is 5.64. The molecule has 0 radical (unpaired) electrons. The number of aromatic nitrogens is 2. The van der Waals surface area contributed by atoms with Crippen molar-refractivity contribution in [3.05, 3.63) is 66.2 Å². The van der Waals surface area contributed by atoms with Gasteiger partial charge in [-0.2, -0.15) is 0 Å². The number of nitrogens with two attached hydrogens (primary N) is 1. The van der Waals surface area contributed by atoms with Crippen molar-refractivity contribution >= 4 is 5.82 Å². The van der Waals surface area contributed by atoms with Crippen LogP contribution in [0.5, 0.6) is 0 Å². The summed E-state index contributed by atoms with van der Waals surface area (Å²) in [6.07, 6.45) is 5.63. The van der Waals surface area contributed by atoms with Crippen LogP contribution in [0.3, 0.4) is 0 Å². The minimum absolute atomic E-state index is 0.0789. The van der Waals surface area contributed by atoms with Crippen LogP contribution in [0.4, 0.5) is 5.82 Å². The molecule has 1 fully saturated rings. The van der Waals surface area contributed by atoms with Crippen molar-refractivity contribution in [2.75, 3.05) is 5.73 Å². The molecular formula is C17H15N3O. The van der Waals surface area contributed by atoms with Crippen molar-refractivity contribution in [3.8, 4) is 11.1 Å². The Balaban J connectivity index is 1.88. The second-order valence-corrected chi connectivity index (χ2v) is 5.46. The Morgan fingerprint density at radius 1 is 1.00 bits per heavy atom. The van der Waals surface area contributed by atoms with Crippen LogP contribution in [-0.2, 0) is 5.41 Å². The quantitative estimate of drug-likeness (QED) is 0.797. The van der Waals surface area contributed by atoms with Gasteiger partial charge in [-0.1, -0.05) is 35.5 Å². The van der Waals surface area contributed by atoms with E-state index in [0.29, 0.717) is 5.82 Å². The average molecular weight is 277 g/mol. The fourth-order valence-electron chi connectivity index (χ4n) is 2.96. The Kier molecular flexibility index (Phi) is 2.57. The first-order valence-electron chi connectivity index (χ1n) is 7.03. The van der Waals surface area contributed by atoms with E-state index in [2.05, 4.69) is 34.4 Å². The van der Waals surface area contributed by atoms with Crippen molar-refractivity contribution in [3.63, 3.8) is 0 Å². The van der Waals surface area contributed by atoms with Crippen LogP contribution < -0.4 is 5.73 Å². The van der Waals surface area contributed by atoms with E-state index in [9.17, 15) is 0 Å². The number of hydrogen-bond donors (Lipinski definition) is 1. The Bertz CT molecular complexity index is 761. The number of rotatable bonds is 3. The normalized spacial score (nSPS) is 15.8. The summed E-state index contributed by atoms with van der Waals surface area (Å²) in [5, 5.41) is 4.01. The van der Waals surface area contributed by atoms with E-state index < -0.39 is 0 Å². The number of benzene rings is 1. The van der Waals surface area contributed by atoms with Crippen LogP contribution in [-0.4, -0.2) is 10.1 Å². The molecule has 1 aromatic carbocycles. The summed E-state index contributed by atoms with van der Waals surface area (Å²) in [6.45, 7) is 0. The van der Waals surface area contributed by atoms with Crippen LogP contribution >= 0.6 is 0 Å². The van der Waals surface area contributed by atoms with Gasteiger partial charge in [-0.15, -0.1) is 0 Å². The van der Waals surface area contributed by atoms with Crippen molar-refractivity contribution in [2.45, 2.75) is 18.3 Å². The minimum Gasteiger partial charge on any atom is -0.380 e. The van der Waals surface area contributed by atoms with Crippen LogP contribution in [0.2, 0.25) is 0 Å². The molecule has 0 unspecified atom stereocenters. The first-order valence-corrected chi connectivity index (χ1v) is 7.03. The lowest BCUT2D eigenvalue weighted by Gasteiger charge is -2.14. The molecule has 0 spiro atoms. The topological polar surface area (TPSA) is 64.9 Å². The Morgan fingerprint density at radius 2 is 1.71 bits per heavy atom. The van der Waals surface area contributed by atoms with E-state index in [-0.39, 0.29) is 5.41 Å². The highest BCUT2D eigenvalue weighted by molar-refractivity contribution is 5.77. The lowest BCUT2D eigenvalue weighted by atomic mass is 9.89. The standard InChI is InChI=1S/C17H15N3O/c18-16-14(12-6-10-19-11-7-12)15(21-20-16)17(8-9-17)13-4-2-1-3-5-13/h1-7,10-11H,8-9H2,(H2,18,20). The third-order valence-corrected chi connectivity index (χ3v) is 4.20. The molecule has 2 N–H and O–H groups in total. The molecule has 104 valence electrons. The van der Waals surface area contributed by atoms with Gasteiger partial charge in [-0.05, 0) is 36.1 Å². The SMILES string of the molecule is Nc1noc(C2(c3ccccc3)CC2)c1-c1ccncc1. The van der Waals surface area contributed by atoms with E-state index in [1.165, 1.54) is 5.56 Å². The molecule has 2 heterocycles. The van der Waals surface area contributed by atoms with E-state index in [4.69, 9.17) is 10.3 Å². The first kappa shape index (κ1) is 12.1. The molecule has 4 rings (SSSR count). The number of nitrogen functional groups attached to an aromatic ring is 1. The van der Waals surface area contributed by atoms with E-state index in [1.54, 1.807) is 12.4 Å². The summed E-state index contributed by atoms with van der Waals surface area (Å²) in [5.74, 6) is 1.32. The van der Waals surface area contributed by atoms with E-state index >= 15 is 0 Å². The third-order valence-electron chi connectivity index (χ3n) is 4.20. The molecule has 3 aromatic rings. The molecule has 0 aliphatic heterocycles. The van der Waals surface area contributed by atoms with Gasteiger partial charge in [0.2, 0.25) is 0 Å². The van der Waals surface area contributed by atoms with Gasteiger partial charge in [0.15, 0.2) is 11.6 Å². The molecule has 1 saturated carbocycles. The van der Waals surface area contributed by atoms with Gasteiger partial charge in [-0.3, -0.25) is 4.98 Å². The maximum Gasteiger partial charge on any atom is 0.175 e. The molecule has 0 atom stereocenters. The number of anilines is 1. The maximum absolute atomic E-state index is 6.05. The lowest BCUT2D eigenvalue weighted by Crippen LogP contribution is -2.09. The average Bonchev–Trinajstić information content (AvgIpc) is 3.26. The number of pyridine rings is 1. The Labute approximate surface area is 122 Å². The zero-order valence-corrected chi connectivity index (χ0v) is 11.5. The summed E-state index contributed by atoms with van der Waals surface area (Å²) in [5.41, 5.74) is 9.13. The minimum atomic E-state index is -0.0789. The summed E-state index contributed by atoms with van der Waals surface area (Å²) in [7, 11) is 0. The molecule has 21 heavy (non-hydrogen) atoms. The Hall–Kier alpha value is -2.62. The fraction of sp³-hybridized carbons (Fsp3) is 0.176. The van der Waals surface area contributed by atoms with Gasteiger partial charge in [0.1, 0.15) is 0 Å². The van der Waals surface area contributed by atoms with Gasteiger partial charge < -0.3 is 10.3 Å². The van der Waals surface area contributed by atoms with Crippen LogP contribution in [0, 0.1) is 0 Å². The summed E-state index contributed by atoms with van der Waals surface area (Å²) in [4.78, 5) is 4.06. The second-order valence-electron chi connectivity index (χ2n) is 5.46. The lowest BCUT2D eigenvalue weighted by molar-refractivity contribution is 0.369. The molecule has 0 saturated heterocycles. The Morgan fingerprint density at radius 3 is 2.38 bits per heavy atom. The van der Waals surface area contributed by atoms with Crippen molar-refractivity contribution in [2.24, 2.45) is 0 Å². The zero-order chi connectivity index (χ0) is 14.3. The highest BCUT2D eigenvalue weighted by atomic mass is 16.5. The van der Waals surface area contributed by atoms with Gasteiger partial charge in [0.25, 0.3) is 0 Å². The van der Waals surface area contributed by atoms with E-state index in [0.717, 1.165) is 29.7 Å². The maximum atomic E-state index is 6.05. The zero-order valence-electron chi connectivity index (χ0n) is 11.5.